The van der Waals surface area contributed by atoms with E-state index in [1.165, 1.54) is 6.20 Å². The van der Waals surface area contributed by atoms with Crippen LogP contribution in [0.5, 0.6) is 0 Å². The Balaban J connectivity index is 1.77. The lowest BCUT2D eigenvalue weighted by Crippen LogP contribution is -2.14. The minimum absolute atomic E-state index is 0.292. The number of carbonyl (C=O) groups is 1. The number of aryl methyl sites for hydroxylation is 3. The molecule has 0 atom stereocenters. The van der Waals surface area contributed by atoms with E-state index >= 15 is 0 Å². The number of hydrogen-bond acceptors (Lipinski definition) is 3. The highest BCUT2D eigenvalue weighted by Gasteiger charge is 2.20. The van der Waals surface area contributed by atoms with Crippen molar-refractivity contribution in [3.63, 3.8) is 0 Å². The molecule has 0 saturated carbocycles. The van der Waals surface area contributed by atoms with Crippen LogP contribution in [-0.2, 0) is 0 Å². The third kappa shape index (κ3) is 3.14. The van der Waals surface area contributed by atoms with Crippen LogP contribution in [-0.4, -0.2) is 20.7 Å². The van der Waals surface area contributed by atoms with Gasteiger partial charge in [0.15, 0.2) is 5.65 Å². The molecule has 6 heteroatoms. The maximum absolute atomic E-state index is 12.9. The zero-order valence-corrected chi connectivity index (χ0v) is 16.6. The number of rotatable bonds is 3. The molecule has 0 aliphatic heterocycles. The van der Waals surface area contributed by atoms with E-state index < -0.39 is 0 Å². The standard InChI is InChI=1S/C22H19ClN4O/c1-13-9-10-14(2)18(11-13)25-22(28)17-12-24-21-19(20(17)23)15(3)26-27(21)16-7-5-4-6-8-16/h4-12H,1-3H3,(H,25,28). The number of benzene rings is 2. The summed E-state index contributed by atoms with van der Waals surface area (Å²) in [4.78, 5) is 17.4. The number of aromatic nitrogens is 3. The molecule has 0 unspecified atom stereocenters. The minimum Gasteiger partial charge on any atom is -0.322 e. The van der Waals surface area contributed by atoms with Crippen molar-refractivity contribution in [2.24, 2.45) is 0 Å². The second-order valence-electron chi connectivity index (χ2n) is 6.79. The van der Waals surface area contributed by atoms with Gasteiger partial charge in [-0.1, -0.05) is 41.9 Å². The number of amides is 1. The van der Waals surface area contributed by atoms with E-state index in [1.54, 1.807) is 4.68 Å². The van der Waals surface area contributed by atoms with Crippen molar-refractivity contribution in [1.29, 1.82) is 0 Å². The number of nitrogens with zero attached hydrogens (tertiary/aromatic N) is 3. The van der Waals surface area contributed by atoms with Crippen LogP contribution >= 0.6 is 11.6 Å². The Labute approximate surface area is 168 Å². The number of carbonyl (C=O) groups excluding carboxylic acids is 1. The van der Waals surface area contributed by atoms with Gasteiger partial charge >= 0.3 is 0 Å². The molecular formula is C22H19ClN4O. The molecule has 140 valence electrons. The van der Waals surface area contributed by atoms with Gasteiger partial charge in [-0.3, -0.25) is 4.79 Å². The number of fused-ring (bicyclic) bond motifs is 1. The highest BCUT2D eigenvalue weighted by molar-refractivity contribution is 6.39. The van der Waals surface area contributed by atoms with Crippen LogP contribution in [0.4, 0.5) is 5.69 Å². The monoisotopic (exact) mass is 390 g/mol. The van der Waals surface area contributed by atoms with Crippen LogP contribution in [0.1, 0.15) is 27.2 Å². The molecule has 0 aliphatic rings. The zero-order chi connectivity index (χ0) is 19.8. The third-order valence-corrected chi connectivity index (χ3v) is 5.09. The molecule has 1 N–H and O–H groups in total. The summed E-state index contributed by atoms with van der Waals surface area (Å²) >= 11 is 6.63. The zero-order valence-electron chi connectivity index (χ0n) is 15.8. The molecule has 0 saturated heterocycles. The molecule has 2 heterocycles. The van der Waals surface area contributed by atoms with Gasteiger partial charge in [0.25, 0.3) is 5.91 Å². The summed E-state index contributed by atoms with van der Waals surface area (Å²) in [5, 5.41) is 8.54. The molecular weight excluding hydrogens is 372 g/mol. The lowest BCUT2D eigenvalue weighted by Gasteiger charge is -2.11. The van der Waals surface area contributed by atoms with Crippen LogP contribution in [0.3, 0.4) is 0 Å². The first kappa shape index (κ1) is 18.2. The molecule has 1 amide bonds. The molecule has 4 rings (SSSR count). The molecule has 2 aromatic carbocycles. The van der Waals surface area contributed by atoms with E-state index in [0.29, 0.717) is 21.6 Å². The van der Waals surface area contributed by atoms with E-state index in [2.05, 4.69) is 15.4 Å². The SMILES string of the molecule is Cc1ccc(C)c(NC(=O)c2cnc3c(c(C)nn3-c3ccccc3)c2Cl)c1. The van der Waals surface area contributed by atoms with Gasteiger partial charge in [-0.2, -0.15) is 5.10 Å². The average molecular weight is 391 g/mol. The number of halogens is 1. The Hall–Kier alpha value is -3.18. The molecule has 0 bridgehead atoms. The predicted molar refractivity (Wildman–Crippen MR) is 112 cm³/mol. The van der Waals surface area contributed by atoms with Crippen molar-refractivity contribution in [3.8, 4) is 5.69 Å². The van der Waals surface area contributed by atoms with Gasteiger partial charge in [-0.15, -0.1) is 0 Å². The van der Waals surface area contributed by atoms with Gasteiger partial charge in [0.2, 0.25) is 0 Å². The van der Waals surface area contributed by atoms with E-state index in [1.807, 2.05) is 69.3 Å². The maximum atomic E-state index is 12.9. The third-order valence-electron chi connectivity index (χ3n) is 4.69. The maximum Gasteiger partial charge on any atom is 0.258 e. The number of nitrogens with one attached hydrogen (secondary N) is 1. The van der Waals surface area contributed by atoms with Crippen molar-refractivity contribution in [2.75, 3.05) is 5.32 Å². The summed E-state index contributed by atoms with van der Waals surface area (Å²) in [5.41, 5.74) is 5.37. The molecule has 4 aromatic rings. The van der Waals surface area contributed by atoms with E-state index in [9.17, 15) is 4.79 Å². The Morgan fingerprint density at radius 2 is 1.82 bits per heavy atom. The first-order valence-corrected chi connectivity index (χ1v) is 9.31. The quantitative estimate of drug-likeness (QED) is 0.519. The van der Waals surface area contributed by atoms with E-state index in [4.69, 9.17) is 11.6 Å². The number of hydrogen-bond donors (Lipinski definition) is 1. The van der Waals surface area contributed by atoms with Gasteiger partial charge in [0, 0.05) is 11.9 Å². The minimum atomic E-state index is -0.292. The highest BCUT2D eigenvalue weighted by Crippen LogP contribution is 2.30. The second kappa shape index (κ2) is 7.09. The van der Waals surface area contributed by atoms with Crippen molar-refractivity contribution in [2.45, 2.75) is 20.8 Å². The topological polar surface area (TPSA) is 59.8 Å². The number of para-hydroxylation sites is 1. The molecule has 2 aromatic heterocycles. The van der Waals surface area contributed by atoms with Crippen LogP contribution < -0.4 is 5.32 Å². The fourth-order valence-electron chi connectivity index (χ4n) is 3.18. The van der Waals surface area contributed by atoms with Gasteiger partial charge in [0.05, 0.1) is 27.4 Å². The fraction of sp³-hybridized carbons (Fsp3) is 0.136. The predicted octanol–water partition coefficient (Wildman–Crippen LogP) is 5.25. The number of pyridine rings is 1. The highest BCUT2D eigenvalue weighted by atomic mass is 35.5. The van der Waals surface area contributed by atoms with Gasteiger partial charge in [0.1, 0.15) is 0 Å². The van der Waals surface area contributed by atoms with Gasteiger partial charge in [-0.25, -0.2) is 9.67 Å². The van der Waals surface area contributed by atoms with Gasteiger partial charge in [-0.05, 0) is 50.1 Å². The first-order valence-electron chi connectivity index (χ1n) is 8.93. The Morgan fingerprint density at radius 1 is 1.07 bits per heavy atom. The molecule has 0 aliphatic carbocycles. The van der Waals surface area contributed by atoms with Gasteiger partial charge < -0.3 is 5.32 Å². The first-order chi connectivity index (χ1) is 13.5. The summed E-state index contributed by atoms with van der Waals surface area (Å²) in [5.74, 6) is -0.292. The van der Waals surface area contributed by atoms with E-state index in [0.717, 1.165) is 28.2 Å². The average Bonchev–Trinajstić information content (AvgIpc) is 3.03. The van der Waals surface area contributed by atoms with Crippen LogP contribution in [0, 0.1) is 20.8 Å². The summed E-state index contributed by atoms with van der Waals surface area (Å²) in [6, 6.07) is 15.6. The van der Waals surface area contributed by atoms with Crippen LogP contribution in [0.15, 0.2) is 54.7 Å². The summed E-state index contributed by atoms with van der Waals surface area (Å²) in [6.45, 7) is 5.80. The molecule has 0 radical (unpaired) electrons. The summed E-state index contributed by atoms with van der Waals surface area (Å²) < 4.78 is 1.74. The lowest BCUT2D eigenvalue weighted by molar-refractivity contribution is 0.102. The van der Waals surface area contributed by atoms with Crippen molar-refractivity contribution >= 4 is 34.2 Å². The summed E-state index contributed by atoms with van der Waals surface area (Å²) in [7, 11) is 0. The van der Waals surface area contributed by atoms with Crippen LogP contribution in [0.25, 0.3) is 16.7 Å². The second-order valence-corrected chi connectivity index (χ2v) is 7.17. The number of anilines is 1. The fourth-order valence-corrected chi connectivity index (χ4v) is 3.53. The molecule has 5 nitrogen and oxygen atoms in total. The summed E-state index contributed by atoms with van der Waals surface area (Å²) in [6.07, 6.45) is 1.51. The van der Waals surface area contributed by atoms with Crippen LogP contribution in [0.2, 0.25) is 5.02 Å². The Morgan fingerprint density at radius 3 is 2.57 bits per heavy atom. The Kier molecular flexibility index (Phi) is 4.61. The van der Waals surface area contributed by atoms with E-state index in [-0.39, 0.29) is 5.91 Å². The normalized spacial score (nSPS) is 11.0. The van der Waals surface area contributed by atoms with Crippen molar-refractivity contribution < 1.29 is 4.79 Å². The smallest absolute Gasteiger partial charge is 0.258 e. The molecule has 0 spiro atoms. The Bertz CT molecular complexity index is 1200. The molecule has 28 heavy (non-hydrogen) atoms. The lowest BCUT2D eigenvalue weighted by atomic mass is 10.1. The molecule has 0 fully saturated rings. The van der Waals surface area contributed by atoms with Crippen molar-refractivity contribution in [1.82, 2.24) is 14.8 Å². The largest absolute Gasteiger partial charge is 0.322 e. The van der Waals surface area contributed by atoms with Crippen molar-refractivity contribution in [3.05, 3.63) is 82.1 Å².